The van der Waals surface area contributed by atoms with Gasteiger partial charge in [-0.15, -0.1) is 0 Å². The molecule has 2 aliphatic heterocycles. The summed E-state index contributed by atoms with van der Waals surface area (Å²) in [6.07, 6.45) is 2.04. The third-order valence-electron chi connectivity index (χ3n) is 6.94. The Morgan fingerprint density at radius 2 is 1.62 bits per heavy atom. The number of hydrogen-bond acceptors (Lipinski definition) is 9. The molecule has 1 aromatic rings. The van der Waals surface area contributed by atoms with Crippen LogP contribution in [0.1, 0.15) is 93.1 Å². The second-order valence-corrected chi connectivity index (χ2v) is 15.6. The van der Waals surface area contributed by atoms with Gasteiger partial charge in [-0.3, -0.25) is 9.59 Å². The molecule has 0 fully saturated rings. The van der Waals surface area contributed by atoms with Crippen molar-refractivity contribution in [2.75, 3.05) is 26.4 Å². The van der Waals surface area contributed by atoms with Crippen molar-refractivity contribution >= 4 is 28.2 Å². The summed E-state index contributed by atoms with van der Waals surface area (Å²) < 4.78 is 54.3. The van der Waals surface area contributed by atoms with Gasteiger partial charge in [-0.25, -0.2) is 4.79 Å². The number of carbonyl (C=O) groups is 3. The Balaban J connectivity index is 2.21. The second-order valence-electron chi connectivity index (χ2n) is 14.1. The summed E-state index contributed by atoms with van der Waals surface area (Å²) >= 11 is 0. The topological polar surface area (TPSA) is 170 Å². The molecular formula is C33H56N4O9S. The molecule has 0 saturated carbocycles. The standard InChI is InChI=1S/C33H56N4O9S/c1-23(2)28-22-43-19-11-12-20-44-25-16-14-24(15-17-25)21-27(29(38)35-28)37-47(41,42)36-26(30(39)45-32(3,4)5)13-9-10-18-34-31(40)46-33(6,7)8/h14-17,23,26-28,36-37H,9-13,18-22H2,1-8H3,(H,34,40)(H,35,38)/t26-,27+,28+/m0/s1. The zero-order chi connectivity index (χ0) is 35.3. The van der Waals surface area contributed by atoms with E-state index in [9.17, 15) is 22.8 Å². The van der Waals surface area contributed by atoms with Gasteiger partial charge < -0.3 is 29.6 Å². The zero-order valence-electron chi connectivity index (χ0n) is 29.3. The van der Waals surface area contributed by atoms with E-state index in [4.69, 9.17) is 18.9 Å². The summed E-state index contributed by atoms with van der Waals surface area (Å²) in [7, 11) is -4.41. The van der Waals surface area contributed by atoms with Crippen molar-refractivity contribution in [1.29, 1.82) is 0 Å². The average Bonchev–Trinajstić information content (AvgIpc) is 2.92. The lowest BCUT2D eigenvalue weighted by molar-refractivity contribution is -0.157. The van der Waals surface area contributed by atoms with Crippen LogP contribution in [-0.4, -0.2) is 82.1 Å². The highest BCUT2D eigenvalue weighted by atomic mass is 32.2. The maximum absolute atomic E-state index is 13.6. The number of amides is 2. The van der Waals surface area contributed by atoms with Gasteiger partial charge >= 0.3 is 12.1 Å². The van der Waals surface area contributed by atoms with E-state index >= 15 is 0 Å². The molecule has 0 radical (unpaired) electrons. The second kappa shape index (κ2) is 18.6. The third-order valence-corrected chi connectivity index (χ3v) is 8.12. The highest BCUT2D eigenvalue weighted by Crippen LogP contribution is 2.17. The lowest BCUT2D eigenvalue weighted by Crippen LogP contribution is -2.56. The number of rotatable bonds is 11. The Kier molecular flexibility index (Phi) is 15.9. The fourth-order valence-electron chi connectivity index (χ4n) is 4.52. The van der Waals surface area contributed by atoms with Crippen molar-refractivity contribution in [3.63, 3.8) is 0 Å². The molecule has 14 heteroatoms. The minimum atomic E-state index is -4.41. The highest BCUT2D eigenvalue weighted by Gasteiger charge is 2.33. The molecule has 268 valence electrons. The molecular weight excluding hydrogens is 628 g/mol. The van der Waals surface area contributed by atoms with Crippen LogP contribution in [0.2, 0.25) is 0 Å². The van der Waals surface area contributed by atoms with Crippen LogP contribution in [0.15, 0.2) is 24.3 Å². The van der Waals surface area contributed by atoms with Crippen molar-refractivity contribution in [2.45, 2.75) is 123 Å². The number of benzene rings is 1. The van der Waals surface area contributed by atoms with Crippen LogP contribution in [0.3, 0.4) is 0 Å². The summed E-state index contributed by atoms with van der Waals surface area (Å²) in [5, 5.41) is 5.61. The number of esters is 1. The fourth-order valence-corrected chi connectivity index (χ4v) is 5.74. The summed E-state index contributed by atoms with van der Waals surface area (Å²) in [6, 6.07) is 4.36. The lowest BCUT2D eigenvalue weighted by Gasteiger charge is -2.27. The van der Waals surface area contributed by atoms with Crippen molar-refractivity contribution in [3.8, 4) is 5.75 Å². The van der Waals surface area contributed by atoms with Crippen LogP contribution in [0.25, 0.3) is 0 Å². The predicted molar refractivity (Wildman–Crippen MR) is 179 cm³/mol. The van der Waals surface area contributed by atoms with Crippen LogP contribution in [0, 0.1) is 5.92 Å². The van der Waals surface area contributed by atoms with E-state index in [2.05, 4.69) is 20.1 Å². The van der Waals surface area contributed by atoms with Crippen LogP contribution >= 0.6 is 0 Å². The predicted octanol–water partition coefficient (Wildman–Crippen LogP) is 3.76. The van der Waals surface area contributed by atoms with Gasteiger partial charge in [0.15, 0.2) is 0 Å². The quantitative estimate of drug-likeness (QED) is 0.200. The molecule has 2 bridgehead atoms. The Morgan fingerprint density at radius 3 is 2.23 bits per heavy atom. The van der Waals surface area contributed by atoms with Crippen molar-refractivity contribution in [1.82, 2.24) is 20.1 Å². The number of carbonyl (C=O) groups excluding carboxylic acids is 3. The maximum Gasteiger partial charge on any atom is 0.407 e. The smallest absolute Gasteiger partial charge is 0.407 e. The SMILES string of the molecule is CC(C)[C@H]1COCCCCOc2ccc(cc2)C[C@@H](NS(=O)(=O)N[C@@H](CCCCNC(=O)OC(C)(C)C)C(=O)OC(C)(C)C)C(=O)N1. The third kappa shape index (κ3) is 17.2. The van der Waals surface area contributed by atoms with Crippen LogP contribution in [0.4, 0.5) is 4.79 Å². The Morgan fingerprint density at radius 1 is 0.979 bits per heavy atom. The van der Waals surface area contributed by atoms with Crippen LogP contribution < -0.4 is 24.8 Å². The Labute approximate surface area is 280 Å². The Bertz CT molecular complexity index is 1240. The molecule has 13 nitrogen and oxygen atoms in total. The minimum absolute atomic E-state index is 0.0252. The molecule has 4 N–H and O–H groups in total. The van der Waals surface area contributed by atoms with Crippen molar-refractivity contribution in [3.05, 3.63) is 29.8 Å². The molecule has 2 aliphatic rings. The van der Waals surface area contributed by atoms with Gasteiger partial charge in [-0.1, -0.05) is 26.0 Å². The molecule has 1 aromatic carbocycles. The summed E-state index contributed by atoms with van der Waals surface area (Å²) in [6.45, 7) is 15.8. The molecule has 2 heterocycles. The van der Waals surface area contributed by atoms with E-state index in [-0.39, 0.29) is 38.0 Å². The minimum Gasteiger partial charge on any atom is -0.494 e. The first kappa shape index (κ1) is 40.2. The van der Waals surface area contributed by atoms with E-state index in [1.807, 2.05) is 13.8 Å². The van der Waals surface area contributed by atoms with Gasteiger partial charge in [-0.05, 0) is 104 Å². The molecule has 47 heavy (non-hydrogen) atoms. The van der Waals surface area contributed by atoms with Crippen molar-refractivity contribution in [2.24, 2.45) is 5.92 Å². The first-order chi connectivity index (χ1) is 21.8. The Hall–Kier alpha value is -2.94. The monoisotopic (exact) mass is 684 g/mol. The van der Waals surface area contributed by atoms with Gasteiger partial charge in [0.25, 0.3) is 10.2 Å². The molecule has 0 spiro atoms. The summed E-state index contributed by atoms with van der Waals surface area (Å²) in [5.74, 6) is -0.575. The lowest BCUT2D eigenvalue weighted by atomic mass is 10.0. The number of hydrogen-bond donors (Lipinski definition) is 4. The molecule has 2 amide bonds. The number of ether oxygens (including phenoxy) is 4. The van der Waals surface area contributed by atoms with Gasteiger partial charge in [0.1, 0.15) is 29.0 Å². The van der Waals surface area contributed by atoms with Gasteiger partial charge in [0, 0.05) is 13.2 Å². The van der Waals surface area contributed by atoms with Gasteiger partial charge in [0.05, 0.1) is 19.3 Å². The normalized spacial score (nSPS) is 19.4. The largest absolute Gasteiger partial charge is 0.494 e. The number of unbranched alkanes of at least 4 members (excludes halogenated alkanes) is 1. The fraction of sp³-hybridized carbons (Fsp3) is 0.727. The number of fused-ring (bicyclic) bond motifs is 13. The van der Waals surface area contributed by atoms with Crippen LogP contribution in [-0.2, 0) is 40.4 Å². The van der Waals surface area contributed by atoms with Gasteiger partial charge in [-0.2, -0.15) is 17.9 Å². The van der Waals surface area contributed by atoms with E-state index in [0.29, 0.717) is 37.4 Å². The molecule has 0 aromatic heterocycles. The molecule has 3 atom stereocenters. The highest BCUT2D eigenvalue weighted by molar-refractivity contribution is 7.87. The van der Waals surface area contributed by atoms with Crippen molar-refractivity contribution < 1.29 is 41.7 Å². The first-order valence-electron chi connectivity index (χ1n) is 16.4. The van der Waals surface area contributed by atoms with Crippen LogP contribution in [0.5, 0.6) is 5.75 Å². The average molecular weight is 685 g/mol. The molecule has 3 rings (SSSR count). The van der Waals surface area contributed by atoms with E-state index in [1.165, 1.54) is 0 Å². The van der Waals surface area contributed by atoms with Gasteiger partial charge in [0.2, 0.25) is 5.91 Å². The number of nitrogens with one attached hydrogen (secondary N) is 4. The molecule has 0 unspecified atom stereocenters. The first-order valence-corrected chi connectivity index (χ1v) is 17.9. The zero-order valence-corrected chi connectivity index (χ0v) is 30.1. The summed E-state index contributed by atoms with van der Waals surface area (Å²) in [5.41, 5.74) is -0.787. The molecule has 0 saturated heterocycles. The van der Waals surface area contributed by atoms with E-state index < -0.39 is 51.5 Å². The van der Waals surface area contributed by atoms with E-state index in [1.54, 1.807) is 65.8 Å². The van der Waals surface area contributed by atoms with E-state index in [0.717, 1.165) is 12.8 Å². The summed E-state index contributed by atoms with van der Waals surface area (Å²) in [4.78, 5) is 38.7. The maximum atomic E-state index is 13.6. The molecule has 0 aliphatic carbocycles. The number of alkyl carbamates (subject to hydrolysis) is 1.